The highest BCUT2D eigenvalue weighted by Gasteiger charge is 2.25. The van der Waals surface area contributed by atoms with Crippen molar-refractivity contribution in [1.82, 2.24) is 9.88 Å². The number of aromatic nitrogens is 1. The molecule has 1 aromatic carbocycles. The number of amides is 2. The average Bonchev–Trinajstić information content (AvgIpc) is 3.37. The Bertz CT molecular complexity index is 874. The van der Waals surface area contributed by atoms with Crippen molar-refractivity contribution in [1.29, 1.82) is 0 Å². The molecule has 148 valence electrons. The molecule has 0 saturated carbocycles. The Morgan fingerprint density at radius 1 is 1.36 bits per heavy atom. The predicted molar refractivity (Wildman–Crippen MR) is 108 cm³/mol. The number of anilines is 1. The molecule has 1 saturated heterocycles. The molecular formula is C21H25N3O3S. The van der Waals surface area contributed by atoms with Gasteiger partial charge in [-0.3, -0.25) is 9.59 Å². The number of aryl methyl sites for hydroxylation is 2. The molecule has 1 aromatic heterocycles. The smallest absolute Gasteiger partial charge is 0.253 e. The number of nitrogens with one attached hydrogen (secondary N) is 1. The lowest BCUT2D eigenvalue weighted by atomic mass is 9.98. The van der Waals surface area contributed by atoms with Gasteiger partial charge in [-0.15, -0.1) is 11.3 Å². The van der Waals surface area contributed by atoms with E-state index in [1.165, 1.54) is 10.4 Å². The number of hydrogen-bond acceptors (Lipinski definition) is 5. The summed E-state index contributed by atoms with van der Waals surface area (Å²) in [5, 5.41) is 2.96. The van der Waals surface area contributed by atoms with Crippen molar-refractivity contribution in [2.75, 3.05) is 18.5 Å². The molecule has 1 fully saturated rings. The van der Waals surface area contributed by atoms with Gasteiger partial charge >= 0.3 is 0 Å². The molecule has 2 amide bonds. The molecule has 2 aliphatic heterocycles. The molecule has 0 radical (unpaired) electrons. The number of benzene rings is 1. The predicted octanol–water partition coefficient (Wildman–Crippen LogP) is 3.09. The van der Waals surface area contributed by atoms with Crippen LogP contribution in [0, 0.1) is 6.92 Å². The molecule has 2 aliphatic rings. The van der Waals surface area contributed by atoms with E-state index in [9.17, 15) is 9.59 Å². The maximum atomic E-state index is 12.7. The lowest BCUT2D eigenvalue weighted by Gasteiger charge is -2.29. The van der Waals surface area contributed by atoms with Gasteiger partial charge in [-0.1, -0.05) is 6.07 Å². The monoisotopic (exact) mass is 399 g/mol. The lowest BCUT2D eigenvalue weighted by molar-refractivity contribution is -0.132. The van der Waals surface area contributed by atoms with Gasteiger partial charge in [-0.05, 0) is 55.9 Å². The number of carbonyl (C=O) groups is 2. The fourth-order valence-corrected chi connectivity index (χ4v) is 4.58. The summed E-state index contributed by atoms with van der Waals surface area (Å²) in [4.78, 5) is 32.3. The summed E-state index contributed by atoms with van der Waals surface area (Å²) in [5.41, 5.74) is 5.98. The second-order valence-corrected chi connectivity index (χ2v) is 8.34. The summed E-state index contributed by atoms with van der Waals surface area (Å²) in [7, 11) is 0. The fourth-order valence-electron chi connectivity index (χ4n) is 3.80. The zero-order valence-electron chi connectivity index (χ0n) is 16.1. The number of rotatable bonds is 5. The molecule has 1 atom stereocenters. The van der Waals surface area contributed by atoms with E-state index in [4.69, 9.17) is 4.74 Å². The highest BCUT2D eigenvalue weighted by atomic mass is 32.1. The molecule has 0 aliphatic carbocycles. The van der Waals surface area contributed by atoms with Crippen LogP contribution in [0.2, 0.25) is 0 Å². The quantitative estimate of drug-likeness (QED) is 0.839. The van der Waals surface area contributed by atoms with Gasteiger partial charge in [-0.25, -0.2) is 4.98 Å². The molecule has 1 N–H and O–H groups in total. The molecular weight excluding hydrogens is 374 g/mol. The molecule has 2 aromatic rings. The van der Waals surface area contributed by atoms with Gasteiger partial charge in [0.25, 0.3) is 5.91 Å². The van der Waals surface area contributed by atoms with Crippen LogP contribution in [0.4, 0.5) is 5.69 Å². The maximum absolute atomic E-state index is 12.7. The highest BCUT2D eigenvalue weighted by Crippen LogP contribution is 2.25. The van der Waals surface area contributed by atoms with E-state index >= 15 is 0 Å². The van der Waals surface area contributed by atoms with E-state index in [1.807, 2.05) is 29.5 Å². The van der Waals surface area contributed by atoms with Crippen LogP contribution in [0.15, 0.2) is 23.7 Å². The zero-order valence-corrected chi connectivity index (χ0v) is 16.9. The minimum Gasteiger partial charge on any atom is -0.368 e. The summed E-state index contributed by atoms with van der Waals surface area (Å²) in [5.74, 6) is 0.0911. The van der Waals surface area contributed by atoms with Gasteiger partial charge in [0, 0.05) is 36.7 Å². The second kappa shape index (κ2) is 8.41. The molecule has 6 nitrogen and oxygen atoms in total. The van der Waals surface area contributed by atoms with Crippen molar-refractivity contribution >= 4 is 28.8 Å². The van der Waals surface area contributed by atoms with Crippen LogP contribution < -0.4 is 5.32 Å². The van der Waals surface area contributed by atoms with Gasteiger partial charge in [0.15, 0.2) is 0 Å². The standard InChI is InChI=1S/C21H25N3O3S/c1-14-19(28-13-22-14)6-7-20(25)24-9-8-15-4-5-17(11-16(15)12-24)23-21(26)18-3-2-10-27-18/h4-5,11,13,18H,2-3,6-10,12H2,1H3,(H,23,26). The first-order valence-electron chi connectivity index (χ1n) is 9.81. The first-order chi connectivity index (χ1) is 13.6. The number of hydrogen-bond donors (Lipinski definition) is 1. The zero-order chi connectivity index (χ0) is 19.5. The second-order valence-electron chi connectivity index (χ2n) is 7.40. The SMILES string of the molecule is Cc1ncsc1CCC(=O)N1CCc2ccc(NC(=O)C3CCCO3)cc2C1. The number of nitrogens with zero attached hydrogens (tertiary/aromatic N) is 2. The highest BCUT2D eigenvalue weighted by molar-refractivity contribution is 7.09. The summed E-state index contributed by atoms with van der Waals surface area (Å²) < 4.78 is 5.45. The third-order valence-corrected chi connectivity index (χ3v) is 6.47. The molecule has 1 unspecified atom stereocenters. The first kappa shape index (κ1) is 19.1. The van der Waals surface area contributed by atoms with Crippen molar-refractivity contribution in [2.45, 2.75) is 51.7 Å². The third-order valence-electron chi connectivity index (χ3n) is 5.47. The van der Waals surface area contributed by atoms with E-state index in [0.29, 0.717) is 19.6 Å². The maximum Gasteiger partial charge on any atom is 0.253 e. The van der Waals surface area contributed by atoms with Gasteiger partial charge in [-0.2, -0.15) is 0 Å². The van der Waals surface area contributed by atoms with Crippen LogP contribution in [0.3, 0.4) is 0 Å². The van der Waals surface area contributed by atoms with Crippen molar-refractivity contribution < 1.29 is 14.3 Å². The van der Waals surface area contributed by atoms with Crippen LogP contribution in [-0.2, 0) is 33.7 Å². The largest absolute Gasteiger partial charge is 0.368 e. The molecule has 4 rings (SSSR count). The van der Waals surface area contributed by atoms with E-state index in [-0.39, 0.29) is 17.9 Å². The van der Waals surface area contributed by atoms with Crippen molar-refractivity contribution in [3.63, 3.8) is 0 Å². The van der Waals surface area contributed by atoms with Gasteiger partial charge in [0.05, 0.1) is 11.2 Å². The number of thiazole rings is 1. The minimum atomic E-state index is -0.343. The molecule has 28 heavy (non-hydrogen) atoms. The molecule has 0 bridgehead atoms. The Kier molecular flexibility index (Phi) is 5.73. The topological polar surface area (TPSA) is 71.5 Å². The fraction of sp³-hybridized carbons (Fsp3) is 0.476. The lowest BCUT2D eigenvalue weighted by Crippen LogP contribution is -2.36. The van der Waals surface area contributed by atoms with Crippen LogP contribution in [0.25, 0.3) is 0 Å². The Morgan fingerprint density at radius 3 is 3.00 bits per heavy atom. The van der Waals surface area contributed by atoms with Gasteiger partial charge in [0.1, 0.15) is 6.10 Å². The van der Waals surface area contributed by atoms with Crippen LogP contribution in [-0.4, -0.2) is 41.0 Å². The number of ether oxygens (including phenoxy) is 1. The third kappa shape index (κ3) is 4.25. The molecule has 7 heteroatoms. The van der Waals surface area contributed by atoms with E-state index < -0.39 is 0 Å². The van der Waals surface area contributed by atoms with Gasteiger partial charge in [0.2, 0.25) is 5.91 Å². The van der Waals surface area contributed by atoms with E-state index in [2.05, 4.69) is 16.4 Å². The summed E-state index contributed by atoms with van der Waals surface area (Å²) in [6, 6.07) is 5.99. The van der Waals surface area contributed by atoms with Gasteiger partial charge < -0.3 is 15.0 Å². The number of fused-ring (bicyclic) bond motifs is 1. The normalized spacial score (nSPS) is 18.8. The van der Waals surface area contributed by atoms with Crippen LogP contribution in [0.1, 0.15) is 41.0 Å². The Hall–Kier alpha value is -2.25. The van der Waals surface area contributed by atoms with Crippen molar-refractivity contribution in [3.8, 4) is 0 Å². The van der Waals surface area contributed by atoms with E-state index in [1.54, 1.807) is 11.3 Å². The Labute approximate surface area is 168 Å². The first-order valence-corrected chi connectivity index (χ1v) is 10.7. The summed E-state index contributed by atoms with van der Waals surface area (Å²) in [6.45, 7) is 3.98. The summed E-state index contributed by atoms with van der Waals surface area (Å²) >= 11 is 1.61. The average molecular weight is 400 g/mol. The minimum absolute atomic E-state index is 0.0823. The van der Waals surface area contributed by atoms with Crippen LogP contribution >= 0.6 is 11.3 Å². The Morgan fingerprint density at radius 2 is 2.25 bits per heavy atom. The Balaban J connectivity index is 1.37. The van der Waals surface area contributed by atoms with Crippen LogP contribution in [0.5, 0.6) is 0 Å². The number of carbonyl (C=O) groups excluding carboxylic acids is 2. The van der Waals surface area contributed by atoms with E-state index in [0.717, 1.165) is 49.2 Å². The molecule has 0 spiro atoms. The summed E-state index contributed by atoms with van der Waals surface area (Å²) in [6.07, 6.45) is 3.47. The molecule has 3 heterocycles. The van der Waals surface area contributed by atoms with Crippen molar-refractivity contribution in [2.24, 2.45) is 0 Å². The van der Waals surface area contributed by atoms with Crippen molar-refractivity contribution in [3.05, 3.63) is 45.4 Å².